The third kappa shape index (κ3) is 3.06. The van der Waals surface area contributed by atoms with Crippen molar-refractivity contribution >= 4 is 11.6 Å². The molecule has 2 rings (SSSR count). The molecule has 0 saturated heterocycles. The average molecular weight is 309 g/mol. The third-order valence-corrected chi connectivity index (χ3v) is 3.53. The molecule has 4 nitrogen and oxygen atoms in total. The fourth-order valence-corrected chi connectivity index (χ4v) is 2.43. The van der Waals surface area contributed by atoms with Crippen molar-refractivity contribution in [1.29, 1.82) is 0 Å². The van der Waals surface area contributed by atoms with Crippen LogP contribution in [0.4, 0.5) is 0 Å². The number of aliphatic hydroxyl groups excluding tert-OH is 1. The molecule has 112 valence electrons. The molecule has 2 aromatic rings. The van der Waals surface area contributed by atoms with E-state index in [2.05, 4.69) is 0 Å². The van der Waals surface area contributed by atoms with Gasteiger partial charge in [-0.05, 0) is 29.8 Å². The molecule has 0 fully saturated rings. The molecule has 0 heterocycles. The minimum absolute atomic E-state index is 0.433. The average Bonchev–Trinajstić information content (AvgIpc) is 2.53. The Hall–Kier alpha value is -1.91. The minimum atomic E-state index is -0.917. The van der Waals surface area contributed by atoms with Crippen molar-refractivity contribution in [2.45, 2.75) is 6.10 Å². The Kier molecular flexibility index (Phi) is 4.94. The van der Waals surface area contributed by atoms with Crippen LogP contribution in [0.3, 0.4) is 0 Å². The van der Waals surface area contributed by atoms with E-state index in [1.54, 1.807) is 57.7 Å². The van der Waals surface area contributed by atoms with E-state index in [4.69, 9.17) is 25.8 Å². The predicted molar refractivity (Wildman–Crippen MR) is 81.6 cm³/mol. The van der Waals surface area contributed by atoms with E-state index in [0.29, 0.717) is 33.4 Å². The van der Waals surface area contributed by atoms with Gasteiger partial charge in [0.25, 0.3) is 0 Å². The lowest BCUT2D eigenvalue weighted by Gasteiger charge is -2.19. The van der Waals surface area contributed by atoms with Gasteiger partial charge in [0.1, 0.15) is 23.4 Å². The summed E-state index contributed by atoms with van der Waals surface area (Å²) < 4.78 is 15.7. The molecule has 5 heteroatoms. The van der Waals surface area contributed by atoms with E-state index in [1.807, 2.05) is 0 Å². The molecule has 0 saturated carbocycles. The second kappa shape index (κ2) is 6.70. The highest BCUT2D eigenvalue weighted by Crippen LogP contribution is 2.38. The van der Waals surface area contributed by atoms with Crippen LogP contribution in [0, 0.1) is 0 Å². The highest BCUT2D eigenvalue weighted by molar-refractivity contribution is 6.32. The molecule has 0 radical (unpaired) electrons. The first kappa shape index (κ1) is 15.5. The zero-order valence-corrected chi connectivity index (χ0v) is 12.8. The number of benzene rings is 2. The van der Waals surface area contributed by atoms with Gasteiger partial charge in [-0.1, -0.05) is 23.7 Å². The van der Waals surface area contributed by atoms with Crippen LogP contribution in [0.15, 0.2) is 36.4 Å². The summed E-state index contributed by atoms with van der Waals surface area (Å²) in [5, 5.41) is 11.1. The topological polar surface area (TPSA) is 47.9 Å². The van der Waals surface area contributed by atoms with E-state index < -0.39 is 6.10 Å². The van der Waals surface area contributed by atoms with Crippen LogP contribution in [-0.4, -0.2) is 26.4 Å². The van der Waals surface area contributed by atoms with Crippen molar-refractivity contribution in [3.63, 3.8) is 0 Å². The molecule has 1 unspecified atom stereocenters. The monoisotopic (exact) mass is 308 g/mol. The molecular weight excluding hydrogens is 292 g/mol. The number of ether oxygens (including phenoxy) is 3. The van der Waals surface area contributed by atoms with E-state index in [-0.39, 0.29) is 0 Å². The molecule has 0 aliphatic heterocycles. The summed E-state index contributed by atoms with van der Waals surface area (Å²) in [7, 11) is 4.64. The molecule has 0 spiro atoms. The molecule has 0 aliphatic rings. The molecule has 0 amide bonds. The molecule has 0 aromatic heterocycles. The summed E-state index contributed by atoms with van der Waals surface area (Å²) >= 11 is 6.11. The zero-order valence-electron chi connectivity index (χ0n) is 12.1. The normalized spacial score (nSPS) is 11.9. The van der Waals surface area contributed by atoms with Gasteiger partial charge in [-0.25, -0.2) is 0 Å². The van der Waals surface area contributed by atoms with Crippen LogP contribution < -0.4 is 14.2 Å². The predicted octanol–water partition coefficient (Wildman–Crippen LogP) is 3.45. The summed E-state index contributed by atoms with van der Waals surface area (Å²) in [4.78, 5) is 0. The minimum Gasteiger partial charge on any atom is -0.496 e. The summed E-state index contributed by atoms with van der Waals surface area (Å²) in [5.41, 5.74) is 1.19. The first-order valence-corrected chi connectivity index (χ1v) is 6.72. The Morgan fingerprint density at radius 2 is 1.48 bits per heavy atom. The lowest BCUT2D eigenvalue weighted by atomic mass is 9.99. The van der Waals surface area contributed by atoms with Crippen LogP contribution in [0.5, 0.6) is 17.2 Å². The molecule has 0 bridgehead atoms. The Morgan fingerprint density at radius 1 is 0.905 bits per heavy atom. The van der Waals surface area contributed by atoms with Gasteiger partial charge in [-0.15, -0.1) is 0 Å². The van der Waals surface area contributed by atoms with Gasteiger partial charge in [0.2, 0.25) is 0 Å². The Labute approximate surface area is 128 Å². The number of aliphatic hydroxyl groups is 1. The number of rotatable bonds is 5. The van der Waals surface area contributed by atoms with Crippen LogP contribution in [-0.2, 0) is 0 Å². The first-order valence-electron chi connectivity index (χ1n) is 6.34. The molecule has 1 N–H and O–H groups in total. The Balaban J connectivity index is 2.49. The molecule has 21 heavy (non-hydrogen) atoms. The summed E-state index contributed by atoms with van der Waals surface area (Å²) in [6, 6.07) is 10.5. The SMILES string of the molecule is COc1ccc(C(O)c2c(OC)cccc2OC)cc1Cl. The van der Waals surface area contributed by atoms with E-state index in [0.717, 1.165) is 0 Å². The second-order valence-electron chi connectivity index (χ2n) is 4.37. The van der Waals surface area contributed by atoms with Crippen LogP contribution in [0.2, 0.25) is 5.02 Å². The first-order chi connectivity index (χ1) is 10.1. The van der Waals surface area contributed by atoms with Gasteiger partial charge < -0.3 is 19.3 Å². The van der Waals surface area contributed by atoms with Crippen LogP contribution >= 0.6 is 11.6 Å². The summed E-state index contributed by atoms with van der Waals surface area (Å²) in [5.74, 6) is 1.65. The van der Waals surface area contributed by atoms with Gasteiger partial charge in [-0.2, -0.15) is 0 Å². The summed E-state index contributed by atoms with van der Waals surface area (Å²) in [6.45, 7) is 0. The van der Waals surface area contributed by atoms with Crippen LogP contribution in [0.25, 0.3) is 0 Å². The van der Waals surface area contributed by atoms with Gasteiger partial charge >= 0.3 is 0 Å². The quantitative estimate of drug-likeness (QED) is 0.919. The molecule has 0 aliphatic carbocycles. The van der Waals surface area contributed by atoms with Gasteiger partial charge in [0, 0.05) is 0 Å². The fraction of sp³-hybridized carbons (Fsp3) is 0.250. The van der Waals surface area contributed by atoms with Crippen molar-refractivity contribution in [3.05, 3.63) is 52.5 Å². The van der Waals surface area contributed by atoms with E-state index >= 15 is 0 Å². The standard InChI is InChI=1S/C16H17ClO4/c1-19-12-8-7-10(9-11(12)17)16(18)15-13(20-2)5-4-6-14(15)21-3/h4-9,16,18H,1-3H3. The van der Waals surface area contributed by atoms with Crippen molar-refractivity contribution in [3.8, 4) is 17.2 Å². The molecule has 1 atom stereocenters. The smallest absolute Gasteiger partial charge is 0.137 e. The van der Waals surface area contributed by atoms with E-state index in [1.165, 1.54) is 0 Å². The van der Waals surface area contributed by atoms with Gasteiger partial charge in [-0.3, -0.25) is 0 Å². The largest absolute Gasteiger partial charge is 0.496 e. The highest BCUT2D eigenvalue weighted by Gasteiger charge is 2.21. The lowest BCUT2D eigenvalue weighted by molar-refractivity contribution is 0.208. The molecule has 2 aromatic carbocycles. The molecular formula is C16H17ClO4. The maximum Gasteiger partial charge on any atom is 0.137 e. The van der Waals surface area contributed by atoms with Gasteiger partial charge in [0.05, 0.1) is 31.9 Å². The number of hydrogen-bond donors (Lipinski definition) is 1. The maximum absolute atomic E-state index is 10.6. The second-order valence-corrected chi connectivity index (χ2v) is 4.78. The van der Waals surface area contributed by atoms with Crippen molar-refractivity contribution in [1.82, 2.24) is 0 Å². The third-order valence-electron chi connectivity index (χ3n) is 3.23. The lowest BCUT2D eigenvalue weighted by Crippen LogP contribution is -2.05. The number of hydrogen-bond acceptors (Lipinski definition) is 4. The van der Waals surface area contributed by atoms with Gasteiger partial charge in [0.15, 0.2) is 0 Å². The maximum atomic E-state index is 10.6. The zero-order chi connectivity index (χ0) is 15.4. The number of methoxy groups -OCH3 is 3. The van der Waals surface area contributed by atoms with Crippen molar-refractivity contribution < 1.29 is 19.3 Å². The Bertz CT molecular complexity index is 605. The van der Waals surface area contributed by atoms with Crippen molar-refractivity contribution in [2.24, 2.45) is 0 Å². The van der Waals surface area contributed by atoms with Crippen LogP contribution in [0.1, 0.15) is 17.2 Å². The fourth-order valence-electron chi connectivity index (χ4n) is 2.17. The highest BCUT2D eigenvalue weighted by atomic mass is 35.5. The number of halogens is 1. The Morgan fingerprint density at radius 3 is 1.95 bits per heavy atom. The van der Waals surface area contributed by atoms with Crippen molar-refractivity contribution in [2.75, 3.05) is 21.3 Å². The summed E-state index contributed by atoms with van der Waals surface area (Å²) in [6.07, 6.45) is -0.917. The van der Waals surface area contributed by atoms with E-state index in [9.17, 15) is 5.11 Å².